The number of carbonyl (C=O) groups excluding carboxylic acids is 1. The van der Waals surface area contributed by atoms with E-state index in [9.17, 15) is 4.79 Å². The molecule has 0 amide bonds. The molecular weight excluding hydrogens is 299 g/mol. The number of fused-ring (bicyclic) bond motifs is 1. The van der Waals surface area contributed by atoms with Crippen LogP contribution in [0.2, 0.25) is 0 Å². The number of carbonyl (C=O) groups is 1. The van der Waals surface area contributed by atoms with Gasteiger partial charge in [0.15, 0.2) is 11.5 Å². The Balaban J connectivity index is 2.37. The van der Waals surface area contributed by atoms with Crippen molar-refractivity contribution in [2.45, 2.75) is 6.92 Å². The number of hydrogen-bond acceptors (Lipinski definition) is 4. The van der Waals surface area contributed by atoms with Crippen molar-refractivity contribution < 1.29 is 19.0 Å². The molecule has 1 aromatic rings. The quantitative estimate of drug-likeness (QED) is 0.452. The maximum atomic E-state index is 10.8. The van der Waals surface area contributed by atoms with Gasteiger partial charge in [0.2, 0.25) is 6.79 Å². The first-order valence-electron chi connectivity index (χ1n) is 3.94. The normalized spacial score (nSPS) is 12.7. The minimum absolute atomic E-state index is 0.217. The highest BCUT2D eigenvalue weighted by Gasteiger charge is 2.17. The number of benzene rings is 1. The van der Waals surface area contributed by atoms with Crippen LogP contribution in [0.25, 0.3) is 0 Å². The summed E-state index contributed by atoms with van der Waals surface area (Å²) in [5, 5.41) is 0. The van der Waals surface area contributed by atoms with Gasteiger partial charge in [-0.25, -0.2) is 0 Å². The van der Waals surface area contributed by atoms with Gasteiger partial charge in [-0.3, -0.25) is 4.79 Å². The highest BCUT2D eigenvalue weighted by atomic mass is 127. The van der Waals surface area contributed by atoms with Gasteiger partial charge in [-0.05, 0) is 22.6 Å². The average molecular weight is 306 g/mol. The van der Waals surface area contributed by atoms with Gasteiger partial charge in [0.1, 0.15) is 5.75 Å². The largest absolute Gasteiger partial charge is 0.454 e. The fourth-order valence-electron chi connectivity index (χ4n) is 1.13. The van der Waals surface area contributed by atoms with Crippen LogP contribution in [0, 0.1) is 3.57 Å². The maximum Gasteiger partial charge on any atom is 0.308 e. The van der Waals surface area contributed by atoms with Crippen molar-refractivity contribution in [2.24, 2.45) is 0 Å². The molecular formula is C9H7IO4. The van der Waals surface area contributed by atoms with E-state index >= 15 is 0 Å². The molecule has 1 aliphatic heterocycles. The predicted molar refractivity (Wildman–Crippen MR) is 56.6 cm³/mol. The molecule has 1 heterocycles. The van der Waals surface area contributed by atoms with Crippen molar-refractivity contribution >= 4 is 28.6 Å². The number of ether oxygens (including phenoxy) is 3. The zero-order valence-electron chi connectivity index (χ0n) is 7.37. The van der Waals surface area contributed by atoms with Crippen molar-refractivity contribution in [3.63, 3.8) is 0 Å². The number of esters is 1. The average Bonchev–Trinajstić information content (AvgIpc) is 2.51. The summed E-state index contributed by atoms with van der Waals surface area (Å²) >= 11 is 2.07. The van der Waals surface area contributed by atoms with Crippen LogP contribution in [0.4, 0.5) is 0 Å². The Hall–Kier alpha value is -0.980. The van der Waals surface area contributed by atoms with Crippen molar-refractivity contribution in [2.75, 3.05) is 6.79 Å². The van der Waals surface area contributed by atoms with E-state index in [0.29, 0.717) is 17.2 Å². The second kappa shape index (κ2) is 3.64. The van der Waals surface area contributed by atoms with E-state index in [1.165, 1.54) is 6.92 Å². The molecule has 0 bridgehead atoms. The molecule has 4 nitrogen and oxygen atoms in total. The third-order valence-electron chi connectivity index (χ3n) is 1.68. The molecule has 0 radical (unpaired) electrons. The van der Waals surface area contributed by atoms with Gasteiger partial charge >= 0.3 is 5.97 Å². The first-order chi connectivity index (χ1) is 6.66. The summed E-state index contributed by atoms with van der Waals surface area (Å²) in [6, 6.07) is 3.44. The smallest absolute Gasteiger partial charge is 0.308 e. The van der Waals surface area contributed by atoms with Crippen LogP contribution in [0.1, 0.15) is 6.92 Å². The van der Waals surface area contributed by atoms with Crippen molar-refractivity contribution in [3.05, 3.63) is 15.7 Å². The summed E-state index contributed by atoms with van der Waals surface area (Å²) in [6.07, 6.45) is 0. The lowest BCUT2D eigenvalue weighted by atomic mass is 10.3. The number of hydrogen-bond donors (Lipinski definition) is 0. The third kappa shape index (κ3) is 1.77. The van der Waals surface area contributed by atoms with E-state index in [1.807, 2.05) is 0 Å². The van der Waals surface area contributed by atoms with E-state index in [2.05, 4.69) is 22.6 Å². The van der Waals surface area contributed by atoms with Gasteiger partial charge in [-0.1, -0.05) is 0 Å². The van der Waals surface area contributed by atoms with Crippen LogP contribution in [0.3, 0.4) is 0 Å². The Morgan fingerprint density at radius 3 is 2.71 bits per heavy atom. The van der Waals surface area contributed by atoms with Gasteiger partial charge in [0, 0.05) is 19.1 Å². The molecule has 0 aromatic heterocycles. The van der Waals surface area contributed by atoms with Crippen molar-refractivity contribution in [3.8, 4) is 17.2 Å². The Labute approximate surface area is 94.3 Å². The molecule has 0 aliphatic carbocycles. The number of halogens is 1. The second-order valence-corrected chi connectivity index (χ2v) is 3.89. The topological polar surface area (TPSA) is 44.8 Å². The lowest BCUT2D eigenvalue weighted by molar-refractivity contribution is -0.131. The summed E-state index contributed by atoms with van der Waals surface area (Å²) in [4.78, 5) is 10.8. The zero-order chi connectivity index (χ0) is 10.1. The molecule has 0 N–H and O–H groups in total. The van der Waals surface area contributed by atoms with Gasteiger partial charge in [-0.2, -0.15) is 0 Å². The standard InChI is InChI=1S/C9H7IO4/c1-5(11)14-7-3-9-8(2-6(7)10)12-4-13-9/h2-3H,4H2,1H3. The minimum Gasteiger partial charge on any atom is -0.454 e. The van der Waals surface area contributed by atoms with Gasteiger partial charge in [0.05, 0.1) is 3.57 Å². The van der Waals surface area contributed by atoms with Crippen LogP contribution < -0.4 is 14.2 Å². The second-order valence-electron chi connectivity index (χ2n) is 2.73. The van der Waals surface area contributed by atoms with Crippen LogP contribution in [-0.2, 0) is 4.79 Å². The molecule has 74 valence electrons. The van der Waals surface area contributed by atoms with Gasteiger partial charge < -0.3 is 14.2 Å². The summed E-state index contributed by atoms with van der Waals surface area (Å²) in [5.74, 6) is 1.45. The summed E-state index contributed by atoms with van der Waals surface area (Å²) < 4.78 is 16.1. The Bertz CT molecular complexity index is 389. The van der Waals surface area contributed by atoms with Gasteiger partial charge in [0.25, 0.3) is 0 Å². The van der Waals surface area contributed by atoms with Crippen LogP contribution in [0.5, 0.6) is 17.2 Å². The monoisotopic (exact) mass is 306 g/mol. The Morgan fingerprint density at radius 1 is 1.43 bits per heavy atom. The first kappa shape index (κ1) is 9.57. The lowest BCUT2D eigenvalue weighted by Crippen LogP contribution is -2.02. The fraction of sp³-hybridized carbons (Fsp3) is 0.222. The molecule has 0 unspecified atom stereocenters. The summed E-state index contributed by atoms with van der Waals surface area (Å²) in [7, 11) is 0. The molecule has 5 heteroatoms. The minimum atomic E-state index is -0.346. The molecule has 1 aromatic carbocycles. The van der Waals surface area contributed by atoms with Crippen molar-refractivity contribution in [1.82, 2.24) is 0 Å². The zero-order valence-corrected chi connectivity index (χ0v) is 9.53. The molecule has 0 saturated carbocycles. The molecule has 0 fully saturated rings. The van der Waals surface area contributed by atoms with Gasteiger partial charge in [-0.15, -0.1) is 0 Å². The van der Waals surface area contributed by atoms with E-state index in [1.54, 1.807) is 12.1 Å². The SMILES string of the molecule is CC(=O)Oc1cc2c(cc1I)OCO2. The molecule has 14 heavy (non-hydrogen) atoms. The first-order valence-corrected chi connectivity index (χ1v) is 5.02. The van der Waals surface area contributed by atoms with E-state index < -0.39 is 0 Å². The third-order valence-corrected chi connectivity index (χ3v) is 2.52. The Morgan fingerprint density at radius 2 is 2.07 bits per heavy atom. The van der Waals surface area contributed by atoms with Crippen LogP contribution in [0.15, 0.2) is 12.1 Å². The van der Waals surface area contributed by atoms with E-state index in [0.717, 1.165) is 3.57 Å². The van der Waals surface area contributed by atoms with E-state index in [-0.39, 0.29) is 12.8 Å². The predicted octanol–water partition coefficient (Wildman–Crippen LogP) is 1.95. The highest BCUT2D eigenvalue weighted by molar-refractivity contribution is 14.1. The van der Waals surface area contributed by atoms with Crippen molar-refractivity contribution in [1.29, 1.82) is 0 Å². The molecule has 0 saturated heterocycles. The van der Waals surface area contributed by atoms with Crippen LogP contribution >= 0.6 is 22.6 Å². The number of rotatable bonds is 1. The lowest BCUT2D eigenvalue weighted by Gasteiger charge is -2.05. The molecule has 2 rings (SSSR count). The van der Waals surface area contributed by atoms with Crippen LogP contribution in [-0.4, -0.2) is 12.8 Å². The molecule has 0 spiro atoms. The van der Waals surface area contributed by atoms with E-state index in [4.69, 9.17) is 14.2 Å². The summed E-state index contributed by atoms with van der Waals surface area (Å²) in [5.41, 5.74) is 0. The maximum absolute atomic E-state index is 10.8. The Kier molecular flexibility index (Phi) is 2.49. The molecule has 0 atom stereocenters. The molecule has 1 aliphatic rings. The summed E-state index contributed by atoms with van der Waals surface area (Å²) in [6.45, 7) is 1.58. The fourth-order valence-corrected chi connectivity index (χ4v) is 1.68. The highest BCUT2D eigenvalue weighted by Crippen LogP contribution is 2.38.